The molecule has 2 atom stereocenters. The lowest BCUT2D eigenvalue weighted by Gasteiger charge is -2.34. The van der Waals surface area contributed by atoms with Crippen molar-refractivity contribution in [2.45, 2.75) is 65.2 Å². The first-order valence-electron chi connectivity index (χ1n) is 8.42. The first-order chi connectivity index (χ1) is 9.16. The van der Waals surface area contributed by atoms with Gasteiger partial charge in [0.15, 0.2) is 0 Å². The van der Waals surface area contributed by atoms with Crippen LogP contribution in [-0.2, 0) is 4.79 Å². The Labute approximate surface area is 118 Å². The van der Waals surface area contributed by atoms with Crippen LogP contribution in [0.4, 0.5) is 0 Å². The minimum absolute atomic E-state index is 0.334. The molecule has 0 bridgehead atoms. The molecule has 0 aromatic heterocycles. The van der Waals surface area contributed by atoms with Gasteiger partial charge < -0.3 is 4.90 Å². The molecule has 0 amide bonds. The van der Waals surface area contributed by atoms with E-state index < -0.39 is 0 Å². The second-order valence-corrected chi connectivity index (χ2v) is 7.01. The minimum Gasteiger partial charge on any atom is -0.303 e. The molecule has 1 saturated heterocycles. The maximum Gasteiger partial charge on any atom is 0.137 e. The van der Waals surface area contributed by atoms with Crippen LogP contribution in [0, 0.1) is 17.8 Å². The van der Waals surface area contributed by atoms with Crippen molar-refractivity contribution in [3.63, 3.8) is 0 Å². The topological polar surface area (TPSA) is 20.3 Å². The van der Waals surface area contributed by atoms with Crippen molar-refractivity contribution in [1.82, 2.24) is 4.90 Å². The fourth-order valence-electron chi connectivity index (χ4n) is 3.74. The van der Waals surface area contributed by atoms with E-state index in [9.17, 15) is 4.79 Å². The van der Waals surface area contributed by atoms with Gasteiger partial charge in [-0.1, -0.05) is 33.1 Å². The van der Waals surface area contributed by atoms with Crippen molar-refractivity contribution in [1.29, 1.82) is 0 Å². The first kappa shape index (κ1) is 15.0. The molecule has 0 aromatic rings. The van der Waals surface area contributed by atoms with E-state index in [1.807, 2.05) is 0 Å². The second kappa shape index (κ2) is 7.42. The Morgan fingerprint density at radius 1 is 1.11 bits per heavy atom. The van der Waals surface area contributed by atoms with Crippen LogP contribution in [0.15, 0.2) is 0 Å². The number of carbonyl (C=O) groups is 1. The zero-order chi connectivity index (χ0) is 13.7. The summed E-state index contributed by atoms with van der Waals surface area (Å²) >= 11 is 0. The van der Waals surface area contributed by atoms with Gasteiger partial charge >= 0.3 is 0 Å². The Kier molecular flexibility index (Phi) is 5.87. The summed E-state index contributed by atoms with van der Waals surface area (Å²) in [5, 5.41) is 0. The molecule has 2 nitrogen and oxygen atoms in total. The van der Waals surface area contributed by atoms with E-state index in [-0.39, 0.29) is 0 Å². The van der Waals surface area contributed by atoms with Crippen LogP contribution >= 0.6 is 0 Å². The highest BCUT2D eigenvalue weighted by atomic mass is 16.1. The predicted octanol–water partition coefficient (Wildman–Crippen LogP) is 3.89. The summed E-state index contributed by atoms with van der Waals surface area (Å²) < 4.78 is 0. The quantitative estimate of drug-likeness (QED) is 0.771. The number of carbonyl (C=O) groups excluding carboxylic acids is 1. The van der Waals surface area contributed by atoms with Crippen LogP contribution in [-0.4, -0.2) is 30.3 Å². The third-order valence-corrected chi connectivity index (χ3v) is 5.17. The summed E-state index contributed by atoms with van der Waals surface area (Å²) in [6.45, 7) is 8.11. The molecule has 1 aliphatic heterocycles. The molecule has 2 unspecified atom stereocenters. The van der Waals surface area contributed by atoms with Crippen molar-refractivity contribution in [3.05, 3.63) is 0 Å². The summed E-state index contributed by atoms with van der Waals surface area (Å²) in [5.74, 6) is 2.39. The monoisotopic (exact) mass is 265 g/mol. The van der Waals surface area contributed by atoms with Crippen LogP contribution in [0.5, 0.6) is 0 Å². The lowest BCUT2D eigenvalue weighted by Crippen LogP contribution is -2.38. The summed E-state index contributed by atoms with van der Waals surface area (Å²) in [4.78, 5) is 14.7. The van der Waals surface area contributed by atoms with Gasteiger partial charge in [0.2, 0.25) is 0 Å². The normalized spacial score (nSPS) is 31.2. The molecular formula is C17H31NO. The lowest BCUT2D eigenvalue weighted by atomic mass is 9.75. The third-order valence-electron chi connectivity index (χ3n) is 5.17. The number of likely N-dealkylation sites (tertiary alicyclic amines) is 1. The summed E-state index contributed by atoms with van der Waals surface area (Å²) in [7, 11) is 0. The zero-order valence-corrected chi connectivity index (χ0v) is 12.9. The Hall–Kier alpha value is -0.370. The molecule has 110 valence electrons. The zero-order valence-electron chi connectivity index (χ0n) is 12.9. The maximum atomic E-state index is 12.2. The Balaban J connectivity index is 1.86. The average molecular weight is 265 g/mol. The molecule has 1 saturated carbocycles. The number of hydrogen-bond acceptors (Lipinski definition) is 2. The highest BCUT2D eigenvalue weighted by molar-refractivity contribution is 5.82. The highest BCUT2D eigenvalue weighted by Crippen LogP contribution is 2.32. The number of Topliss-reactive ketones (excluding diaryl/α,β-unsaturated/α-hetero) is 1. The van der Waals surface area contributed by atoms with Crippen LogP contribution in [0.1, 0.15) is 65.2 Å². The molecule has 2 fully saturated rings. The van der Waals surface area contributed by atoms with Gasteiger partial charge in [0, 0.05) is 18.9 Å². The fraction of sp³-hybridized carbons (Fsp3) is 0.941. The SMILES string of the molecule is CC(C)C1CCC(=O)C(CN2CCCCCCC2)C1. The Morgan fingerprint density at radius 2 is 1.74 bits per heavy atom. The van der Waals surface area contributed by atoms with Crippen LogP contribution in [0.3, 0.4) is 0 Å². The van der Waals surface area contributed by atoms with E-state index in [0.29, 0.717) is 11.7 Å². The van der Waals surface area contributed by atoms with E-state index in [4.69, 9.17) is 0 Å². The third kappa shape index (κ3) is 4.59. The molecule has 1 aliphatic carbocycles. The molecular weight excluding hydrogens is 234 g/mol. The van der Waals surface area contributed by atoms with Crippen LogP contribution < -0.4 is 0 Å². The molecule has 0 aromatic carbocycles. The molecule has 1 heterocycles. The van der Waals surface area contributed by atoms with E-state index in [1.165, 1.54) is 45.2 Å². The van der Waals surface area contributed by atoms with Gasteiger partial charge in [-0.15, -0.1) is 0 Å². The summed E-state index contributed by atoms with van der Waals surface area (Å²) in [6, 6.07) is 0. The van der Waals surface area contributed by atoms with Gasteiger partial charge in [-0.3, -0.25) is 4.79 Å². The van der Waals surface area contributed by atoms with Crippen molar-refractivity contribution in [3.8, 4) is 0 Å². The number of nitrogens with zero attached hydrogens (tertiary/aromatic N) is 1. The van der Waals surface area contributed by atoms with E-state index in [0.717, 1.165) is 37.6 Å². The standard InChI is InChI=1S/C17H31NO/c1-14(2)15-8-9-17(19)16(12-15)13-18-10-6-4-3-5-7-11-18/h14-16H,3-13H2,1-2H3. The van der Waals surface area contributed by atoms with Crippen molar-refractivity contribution in [2.75, 3.05) is 19.6 Å². The van der Waals surface area contributed by atoms with Crippen molar-refractivity contribution in [2.24, 2.45) is 17.8 Å². The van der Waals surface area contributed by atoms with Crippen LogP contribution in [0.2, 0.25) is 0 Å². The summed E-state index contributed by atoms with van der Waals surface area (Å²) in [6.07, 6.45) is 9.93. The lowest BCUT2D eigenvalue weighted by molar-refractivity contribution is -0.126. The Morgan fingerprint density at radius 3 is 2.37 bits per heavy atom. The van der Waals surface area contributed by atoms with Gasteiger partial charge in [-0.05, 0) is 50.6 Å². The maximum absolute atomic E-state index is 12.2. The molecule has 0 N–H and O–H groups in total. The minimum atomic E-state index is 0.334. The average Bonchev–Trinajstić information content (AvgIpc) is 2.34. The predicted molar refractivity (Wildman–Crippen MR) is 80.2 cm³/mol. The number of ketones is 1. The molecule has 2 heteroatoms. The van der Waals surface area contributed by atoms with Gasteiger partial charge in [-0.2, -0.15) is 0 Å². The van der Waals surface area contributed by atoms with Gasteiger partial charge in [0.25, 0.3) is 0 Å². The number of hydrogen-bond donors (Lipinski definition) is 0. The first-order valence-corrected chi connectivity index (χ1v) is 8.42. The molecule has 0 spiro atoms. The fourth-order valence-corrected chi connectivity index (χ4v) is 3.74. The molecule has 0 radical (unpaired) electrons. The Bertz CT molecular complexity index is 279. The molecule has 2 rings (SSSR count). The highest BCUT2D eigenvalue weighted by Gasteiger charge is 2.31. The van der Waals surface area contributed by atoms with E-state index >= 15 is 0 Å². The molecule has 19 heavy (non-hydrogen) atoms. The van der Waals surface area contributed by atoms with Gasteiger partial charge in [0.1, 0.15) is 5.78 Å². The number of rotatable bonds is 3. The molecule has 2 aliphatic rings. The summed E-state index contributed by atoms with van der Waals surface area (Å²) in [5.41, 5.74) is 0. The van der Waals surface area contributed by atoms with Crippen molar-refractivity contribution < 1.29 is 4.79 Å². The van der Waals surface area contributed by atoms with Crippen molar-refractivity contribution >= 4 is 5.78 Å². The van der Waals surface area contributed by atoms with Crippen LogP contribution in [0.25, 0.3) is 0 Å². The van der Waals surface area contributed by atoms with Gasteiger partial charge in [-0.25, -0.2) is 0 Å². The smallest absolute Gasteiger partial charge is 0.137 e. The largest absolute Gasteiger partial charge is 0.303 e. The van der Waals surface area contributed by atoms with E-state index in [1.54, 1.807) is 0 Å². The van der Waals surface area contributed by atoms with E-state index in [2.05, 4.69) is 18.7 Å². The second-order valence-electron chi connectivity index (χ2n) is 7.01. The van der Waals surface area contributed by atoms with Gasteiger partial charge in [0.05, 0.1) is 0 Å².